The van der Waals surface area contributed by atoms with Crippen LogP contribution in [-0.2, 0) is 91.7 Å². The highest BCUT2D eigenvalue weighted by Crippen LogP contribution is 2.84. The Hall–Kier alpha value is -4.32. The number of unbranched alkanes of at least 4 members (excludes halogenated alkanes) is 2. The molecule has 13 N–H and O–H groups in total. The molecule has 39 nitrogen and oxygen atoms in total. The molecule has 0 spiro atoms. The van der Waals surface area contributed by atoms with Crippen LogP contribution >= 0.6 is 84.0 Å². The molecule has 614 valence electrons. The number of carbonyl (C=O) groups excluding carboxylic acids is 2. The van der Waals surface area contributed by atoms with Gasteiger partial charge in [-0.2, -0.15) is 0 Å². The van der Waals surface area contributed by atoms with Gasteiger partial charge < -0.3 is 103 Å². The molecule has 4 aromatic rings. The molecule has 0 amide bonds. The maximum atomic E-state index is 13.0. The van der Waals surface area contributed by atoms with E-state index in [9.17, 15) is 101 Å². The number of aliphatic hydroxyl groups is 3. The summed E-state index contributed by atoms with van der Waals surface area (Å²) in [4.78, 5) is 106. The zero-order chi connectivity index (χ0) is 82.4. The molecular formula is C60H88Cl2N2O37P8. The van der Waals surface area contributed by atoms with Crippen molar-refractivity contribution in [2.24, 2.45) is 5.73 Å². The van der Waals surface area contributed by atoms with Crippen LogP contribution in [0.3, 0.4) is 0 Å². The molecular weight excluding hydrogens is 1660 g/mol. The summed E-state index contributed by atoms with van der Waals surface area (Å²) in [6, 6.07) is 23.2. The second-order valence-electron chi connectivity index (χ2n) is 24.0. The highest BCUT2D eigenvalue weighted by molar-refractivity contribution is 7.79. The Bertz CT molecular complexity index is 4020. The third-order valence-electron chi connectivity index (χ3n) is 15.0. The minimum Gasteiger partial charge on any atom is -0.466 e. The van der Waals surface area contributed by atoms with Crippen molar-refractivity contribution in [1.29, 1.82) is 0 Å². The quantitative estimate of drug-likeness (QED) is 0.00694. The van der Waals surface area contributed by atoms with Crippen LogP contribution in [0, 0.1) is 0 Å². The molecule has 8 rings (SSSR count). The van der Waals surface area contributed by atoms with E-state index in [1.807, 2.05) is 0 Å². The lowest BCUT2D eigenvalue weighted by atomic mass is 10.2. The van der Waals surface area contributed by atoms with E-state index in [2.05, 4.69) is 20.1 Å². The summed E-state index contributed by atoms with van der Waals surface area (Å²) in [5, 5.41) is 22.1. The number of carbonyl (C=O) groups is 2. The monoisotopic (exact) mass is 1750 g/mol. The summed E-state index contributed by atoms with van der Waals surface area (Å²) >= 11 is 11.0. The van der Waals surface area contributed by atoms with E-state index in [1.165, 1.54) is 84.9 Å². The van der Waals surface area contributed by atoms with Gasteiger partial charge >= 0.3 is 76.9 Å². The van der Waals surface area contributed by atoms with Crippen LogP contribution in [0.1, 0.15) is 141 Å². The van der Waals surface area contributed by atoms with E-state index < -0.39 is 142 Å². The average molecular weight is 1750 g/mol. The van der Waals surface area contributed by atoms with Crippen LogP contribution in [0.5, 0.6) is 23.0 Å². The number of benzene rings is 4. The Morgan fingerprint density at radius 3 is 1.05 bits per heavy atom. The summed E-state index contributed by atoms with van der Waals surface area (Å²) in [7, 11) is -38.2. The highest BCUT2D eigenvalue weighted by atomic mass is 35.5. The van der Waals surface area contributed by atoms with Crippen molar-refractivity contribution in [2.75, 3.05) is 39.9 Å². The number of halogens is 2. The molecule has 4 aliphatic heterocycles. The first-order chi connectivity index (χ1) is 50.3. The molecule has 4 heterocycles. The summed E-state index contributed by atoms with van der Waals surface area (Å²) in [5.74, 6) is -0.267. The standard InChI is InChI=1S/C20H33NO10P2.C15H23NO10P2.C13H18O9P2.C12H14Cl2O8P2/c1-5-6-9-13-21(4)14-12-20(23)32(24,25)30-18(31-33(20,26)27)16-10-7-8-11-17(16)29-19(22)28-15(2)3;1-10(2)23-14(17)24-12-7-4-3-6-11(12)13-25-27(19,20)15(18,8-5-9-16)28(21,22)26-13;1-4-19-9(2)20-11-8-6-5-7-10(11)12-21-23(15,16)13(3,14)24(17,18)22-12;1-3-19-8(2)20-10-7-5-4-6-9(10)11-21-23(15,16)12(13,14)24(17,18)22-11/h7-8,10-11,15,18,23H,5-6,9,12-14H2,1-4H3,(H,24,25)(H,26,27);3-4,6-7,10,13,18H,5,8-9,16H2,1-2H3,(H,19,20)(H,21,22);5-8,12,14H,2,4H2,1,3H3,(H,15,16)(H,17,18);4-7,11H,2-3H2,1H3,(H,15,16)(H,17,18). The summed E-state index contributed by atoms with van der Waals surface area (Å²) in [6.45, 7) is 21.0. The van der Waals surface area contributed by atoms with Crippen molar-refractivity contribution in [3.8, 4) is 23.0 Å². The average Bonchev–Trinajstić information content (AvgIpc) is 0.773. The molecule has 4 saturated heterocycles. The van der Waals surface area contributed by atoms with Gasteiger partial charge in [0.15, 0.2) is 0 Å². The first kappa shape index (κ1) is 95.3. The van der Waals surface area contributed by atoms with Crippen LogP contribution < -0.4 is 24.7 Å². The van der Waals surface area contributed by atoms with Crippen molar-refractivity contribution >= 4 is 96.3 Å². The Morgan fingerprint density at radius 1 is 0.468 bits per heavy atom. The molecule has 0 radical (unpaired) electrons. The van der Waals surface area contributed by atoms with Gasteiger partial charge in [0.05, 0.1) is 47.7 Å². The normalized spacial score (nSPS) is 32.5. The molecule has 4 aliphatic rings. The Labute approximate surface area is 636 Å². The molecule has 0 aliphatic carbocycles. The van der Waals surface area contributed by atoms with Crippen molar-refractivity contribution in [3.05, 3.63) is 144 Å². The zero-order valence-corrected chi connectivity index (χ0v) is 68.5. The van der Waals surface area contributed by atoms with E-state index in [0.717, 1.165) is 19.3 Å². The number of hydrogen-bond donors (Lipinski definition) is 12. The second kappa shape index (κ2) is 38.9. The third kappa shape index (κ3) is 23.5. The topological polar surface area (TPSA) is 570 Å². The van der Waals surface area contributed by atoms with Crippen molar-refractivity contribution in [3.63, 3.8) is 0 Å². The van der Waals surface area contributed by atoms with E-state index in [1.54, 1.807) is 65.6 Å². The third-order valence-corrected chi connectivity index (χ3v) is 35.4. The van der Waals surface area contributed by atoms with Gasteiger partial charge in [0, 0.05) is 19.4 Å². The molecule has 8 unspecified atom stereocenters. The lowest BCUT2D eigenvalue weighted by Crippen LogP contribution is -2.39. The number of hydrogen-bond acceptors (Lipinski definition) is 31. The molecule has 4 aromatic carbocycles. The van der Waals surface area contributed by atoms with Gasteiger partial charge in [-0.25, -0.2) is 9.59 Å². The smallest absolute Gasteiger partial charge is 0.466 e. The van der Waals surface area contributed by atoms with Gasteiger partial charge in [0.25, 0.3) is 27.1 Å². The van der Waals surface area contributed by atoms with Gasteiger partial charge in [0.2, 0.25) is 25.2 Å². The first-order valence-corrected chi connectivity index (χ1v) is 45.8. The van der Waals surface area contributed by atoms with E-state index in [4.69, 9.17) is 103 Å². The van der Waals surface area contributed by atoms with Crippen LogP contribution in [0.15, 0.2) is 122 Å². The lowest BCUT2D eigenvalue weighted by Gasteiger charge is -2.41. The fourth-order valence-corrected chi connectivity index (χ4v) is 22.5. The largest absolute Gasteiger partial charge is 0.514 e. The molecule has 0 aromatic heterocycles. The molecule has 8 atom stereocenters. The van der Waals surface area contributed by atoms with Gasteiger partial charge in [-0.05, 0) is 119 Å². The number of alkyl halides is 2. The maximum absolute atomic E-state index is 13.0. The summed E-state index contributed by atoms with van der Waals surface area (Å²) in [6.07, 6.45) is -8.40. The number of rotatable bonds is 26. The minimum absolute atomic E-state index is 0.000372. The van der Waals surface area contributed by atoms with E-state index in [-0.39, 0.29) is 76.7 Å². The predicted molar refractivity (Wildman–Crippen MR) is 386 cm³/mol. The van der Waals surface area contributed by atoms with E-state index in [0.29, 0.717) is 26.7 Å². The molecule has 4 fully saturated rings. The summed E-state index contributed by atoms with van der Waals surface area (Å²) < 4.78 is 177. The van der Waals surface area contributed by atoms with Gasteiger partial charge in [-0.1, -0.05) is 116 Å². The summed E-state index contributed by atoms with van der Waals surface area (Å²) in [5.41, 5.74) is 5.19. The minimum atomic E-state index is -5.10. The first-order valence-electron chi connectivity index (χ1n) is 32.4. The lowest BCUT2D eigenvalue weighted by molar-refractivity contribution is -0.0618. The fourth-order valence-electron chi connectivity index (χ4n) is 9.17. The van der Waals surface area contributed by atoms with Crippen molar-refractivity contribution in [2.45, 2.75) is 150 Å². The molecule has 49 heteroatoms. The molecule has 109 heavy (non-hydrogen) atoms. The zero-order valence-electron chi connectivity index (χ0n) is 59.8. The number of para-hydroxylation sites is 4. The van der Waals surface area contributed by atoms with Gasteiger partial charge in [-0.15, -0.1) is 0 Å². The van der Waals surface area contributed by atoms with Gasteiger partial charge in [-0.3, -0.25) is 72.7 Å². The number of ether oxygens (including phenoxy) is 8. The Kier molecular flexibility index (Phi) is 34.0. The molecule has 0 saturated carbocycles. The number of nitrogens with zero attached hydrogens (tertiary/aromatic N) is 1. The highest BCUT2D eigenvalue weighted by Gasteiger charge is 2.70. The van der Waals surface area contributed by atoms with E-state index >= 15 is 0 Å². The second-order valence-corrected chi connectivity index (χ2v) is 43.9. The van der Waals surface area contributed by atoms with Crippen LogP contribution in [-0.4, -0.2) is 143 Å². The molecule has 0 bridgehead atoms. The Morgan fingerprint density at radius 2 is 0.752 bits per heavy atom. The van der Waals surface area contributed by atoms with Crippen LogP contribution in [0.25, 0.3) is 0 Å². The van der Waals surface area contributed by atoms with Crippen LogP contribution in [0.4, 0.5) is 9.59 Å². The van der Waals surface area contributed by atoms with Crippen molar-refractivity contribution < 1.29 is 175 Å². The van der Waals surface area contributed by atoms with Crippen LogP contribution in [0.2, 0.25) is 0 Å². The fraction of sp³-hybridized carbons (Fsp3) is 0.500. The predicted octanol–water partition coefficient (Wildman–Crippen LogP) is 13.3. The number of nitrogens with two attached hydrogens (primary N) is 1. The SMILES string of the molecule is C=C(OCC)Oc1ccccc1C1OP(=O)(O)C(C)(O)P(=O)(O)O1.C=C(OCC)Oc1ccccc1C1OP(=O)(O)C(Cl)(Cl)P(=O)(O)O1.CC(C)OC(=O)Oc1ccccc1C1OP(=O)(O)C(O)(CCCN)P(=O)(O)O1.CCCCCN(C)CCC1(O)P(=O)(O)OC(c2ccccc2OC(=O)OC(C)C)OP1(=O)O. The van der Waals surface area contributed by atoms with Crippen molar-refractivity contribution in [1.82, 2.24) is 4.90 Å². The Balaban J connectivity index is 0.000000262. The van der Waals surface area contributed by atoms with Gasteiger partial charge in [0.1, 0.15) is 23.0 Å². The maximum Gasteiger partial charge on any atom is 0.514 e.